The van der Waals surface area contributed by atoms with Gasteiger partial charge in [-0.15, -0.1) is 11.8 Å². The minimum absolute atomic E-state index is 0.0318. The van der Waals surface area contributed by atoms with Crippen LogP contribution in [0, 0.1) is 0 Å². The first-order valence-electron chi connectivity index (χ1n) is 11.1. The molecule has 0 saturated carbocycles. The van der Waals surface area contributed by atoms with E-state index in [4.69, 9.17) is 4.74 Å². The van der Waals surface area contributed by atoms with Crippen LogP contribution in [0.25, 0.3) is 0 Å². The van der Waals surface area contributed by atoms with Gasteiger partial charge in [0.1, 0.15) is 5.75 Å². The van der Waals surface area contributed by atoms with Crippen molar-refractivity contribution < 1.29 is 14.3 Å². The van der Waals surface area contributed by atoms with Crippen molar-refractivity contribution >= 4 is 23.6 Å². The molecule has 5 nitrogen and oxygen atoms in total. The molecule has 2 aromatic rings. The van der Waals surface area contributed by atoms with Gasteiger partial charge in [-0.25, -0.2) is 0 Å². The predicted octanol–water partition coefficient (Wildman–Crippen LogP) is 4.15. The van der Waals surface area contributed by atoms with Gasteiger partial charge in [-0.2, -0.15) is 0 Å². The molecule has 1 spiro atoms. The summed E-state index contributed by atoms with van der Waals surface area (Å²) in [5, 5.41) is 0. The summed E-state index contributed by atoms with van der Waals surface area (Å²) in [6.07, 6.45) is 2.41. The maximum atomic E-state index is 13.2. The fraction of sp³-hybridized carbons (Fsp3) is 0.440. The number of nitrogens with zero attached hydrogens (tertiary/aromatic N) is 2. The Labute approximate surface area is 188 Å². The highest BCUT2D eigenvalue weighted by Gasteiger charge is 2.47. The molecule has 2 aliphatic rings. The molecule has 6 heteroatoms. The van der Waals surface area contributed by atoms with Crippen LogP contribution in [0.1, 0.15) is 37.7 Å². The van der Waals surface area contributed by atoms with Gasteiger partial charge in [0.25, 0.3) is 5.91 Å². The topological polar surface area (TPSA) is 49.9 Å². The summed E-state index contributed by atoms with van der Waals surface area (Å²) in [6, 6.07) is 19.5. The van der Waals surface area contributed by atoms with Gasteiger partial charge in [0.05, 0.1) is 10.8 Å². The number of ether oxygens (including phenoxy) is 1. The van der Waals surface area contributed by atoms with Crippen LogP contribution in [0.3, 0.4) is 0 Å². The van der Waals surface area contributed by atoms with Gasteiger partial charge in [-0.05, 0) is 37.0 Å². The molecule has 31 heavy (non-hydrogen) atoms. The highest BCUT2D eigenvalue weighted by Crippen LogP contribution is 2.44. The largest absolute Gasteiger partial charge is 0.484 e. The van der Waals surface area contributed by atoms with E-state index < -0.39 is 0 Å². The Morgan fingerprint density at radius 2 is 1.65 bits per heavy atom. The molecule has 0 bridgehead atoms. The van der Waals surface area contributed by atoms with Crippen molar-refractivity contribution in [1.29, 1.82) is 0 Å². The van der Waals surface area contributed by atoms with Gasteiger partial charge < -0.3 is 14.5 Å². The second-order valence-electron chi connectivity index (χ2n) is 8.14. The number of benzene rings is 2. The highest BCUT2D eigenvalue weighted by atomic mass is 32.2. The number of hydrogen-bond acceptors (Lipinski definition) is 4. The van der Waals surface area contributed by atoms with Crippen LogP contribution in [0.2, 0.25) is 0 Å². The number of carbonyl (C=O) groups excluding carboxylic acids is 2. The number of hydrogen-bond donors (Lipinski definition) is 0. The summed E-state index contributed by atoms with van der Waals surface area (Å²) in [6.45, 7) is 4.26. The average Bonchev–Trinajstić information content (AvgIpc) is 3.22. The first-order chi connectivity index (χ1) is 15.1. The number of carbonyl (C=O) groups is 2. The molecule has 0 aromatic heterocycles. The van der Waals surface area contributed by atoms with Crippen LogP contribution >= 0.6 is 11.8 Å². The van der Waals surface area contributed by atoms with E-state index in [1.54, 1.807) is 0 Å². The standard InChI is InChI=1S/C25H30N2O3S/c1-2-22(20-9-5-3-6-10-20)24(29)26-15-13-25(14-16-26)27(17-18-31-25)23(28)19-30-21-11-7-4-8-12-21/h3-12,22H,2,13-19H2,1H3. The molecule has 2 amide bonds. The van der Waals surface area contributed by atoms with Gasteiger partial charge in [0, 0.05) is 25.4 Å². The third-order valence-electron chi connectivity index (χ3n) is 6.35. The van der Waals surface area contributed by atoms with E-state index in [-0.39, 0.29) is 29.2 Å². The van der Waals surface area contributed by atoms with Gasteiger partial charge in [0.2, 0.25) is 5.91 Å². The molecule has 2 aliphatic heterocycles. The number of rotatable bonds is 6. The van der Waals surface area contributed by atoms with Gasteiger partial charge in [-0.1, -0.05) is 55.5 Å². The summed E-state index contributed by atoms with van der Waals surface area (Å²) in [4.78, 5) is 30.0. The SMILES string of the molecule is CCC(C(=O)N1CCC2(CC1)SCCN2C(=O)COc1ccccc1)c1ccccc1. The smallest absolute Gasteiger partial charge is 0.261 e. The lowest BCUT2D eigenvalue weighted by Gasteiger charge is -2.44. The first kappa shape index (κ1) is 21.8. The van der Waals surface area contributed by atoms with Crippen LogP contribution in [0.15, 0.2) is 60.7 Å². The van der Waals surface area contributed by atoms with Gasteiger partial charge >= 0.3 is 0 Å². The molecule has 1 atom stereocenters. The zero-order valence-corrected chi connectivity index (χ0v) is 18.9. The van der Waals surface area contributed by atoms with Crippen molar-refractivity contribution in [3.63, 3.8) is 0 Å². The van der Waals surface area contributed by atoms with E-state index in [0.29, 0.717) is 18.8 Å². The Balaban J connectivity index is 1.37. The number of amides is 2. The monoisotopic (exact) mass is 438 g/mol. The van der Waals surface area contributed by atoms with Crippen molar-refractivity contribution in [2.75, 3.05) is 32.0 Å². The van der Waals surface area contributed by atoms with E-state index in [0.717, 1.165) is 37.1 Å². The second-order valence-corrected chi connectivity index (χ2v) is 9.60. The summed E-state index contributed by atoms with van der Waals surface area (Å²) in [7, 11) is 0. The molecule has 164 valence electrons. The van der Waals surface area contributed by atoms with Crippen molar-refractivity contribution in [3.8, 4) is 5.75 Å². The second kappa shape index (κ2) is 9.77. The summed E-state index contributed by atoms with van der Waals surface area (Å²) in [5.41, 5.74) is 1.08. The lowest BCUT2D eigenvalue weighted by Crippen LogP contribution is -2.55. The van der Waals surface area contributed by atoms with Gasteiger partial charge in [0.15, 0.2) is 6.61 Å². The zero-order valence-electron chi connectivity index (χ0n) is 18.0. The van der Waals surface area contributed by atoms with E-state index in [1.807, 2.05) is 82.2 Å². The highest BCUT2D eigenvalue weighted by molar-refractivity contribution is 8.00. The number of thioether (sulfide) groups is 1. The Bertz CT molecular complexity index is 882. The van der Waals surface area contributed by atoms with Crippen molar-refractivity contribution in [2.45, 2.75) is 37.0 Å². The van der Waals surface area contributed by atoms with Crippen molar-refractivity contribution in [2.24, 2.45) is 0 Å². The van der Waals surface area contributed by atoms with Crippen molar-refractivity contribution in [3.05, 3.63) is 66.2 Å². The summed E-state index contributed by atoms with van der Waals surface area (Å²) < 4.78 is 5.70. The zero-order chi connectivity index (χ0) is 21.7. The summed E-state index contributed by atoms with van der Waals surface area (Å²) in [5.74, 6) is 1.79. The molecular weight excluding hydrogens is 408 g/mol. The van der Waals surface area contributed by atoms with Crippen LogP contribution in [0.4, 0.5) is 0 Å². The molecule has 2 saturated heterocycles. The lowest BCUT2D eigenvalue weighted by molar-refractivity contribution is -0.139. The number of likely N-dealkylation sites (tertiary alicyclic amines) is 1. The van der Waals surface area contributed by atoms with E-state index in [2.05, 4.69) is 6.92 Å². The van der Waals surface area contributed by atoms with Gasteiger partial charge in [-0.3, -0.25) is 9.59 Å². The Morgan fingerprint density at radius 3 is 2.29 bits per heavy atom. The third-order valence-corrected chi connectivity index (χ3v) is 7.90. The van der Waals surface area contributed by atoms with Crippen molar-refractivity contribution in [1.82, 2.24) is 9.80 Å². The fourth-order valence-electron chi connectivity index (χ4n) is 4.65. The van der Waals surface area contributed by atoms with E-state index in [1.165, 1.54) is 0 Å². The molecule has 0 aliphatic carbocycles. The Morgan fingerprint density at radius 1 is 1.00 bits per heavy atom. The Kier molecular flexibility index (Phi) is 6.86. The predicted molar refractivity (Wildman–Crippen MR) is 124 cm³/mol. The van der Waals surface area contributed by atoms with Crippen LogP contribution in [-0.2, 0) is 9.59 Å². The van der Waals surface area contributed by atoms with E-state index in [9.17, 15) is 9.59 Å². The Hall–Kier alpha value is -2.47. The number of piperidine rings is 1. The minimum Gasteiger partial charge on any atom is -0.484 e. The maximum Gasteiger partial charge on any atom is 0.261 e. The molecule has 2 fully saturated rings. The molecule has 2 aromatic carbocycles. The quantitative estimate of drug-likeness (QED) is 0.680. The van der Waals surface area contributed by atoms with Crippen LogP contribution < -0.4 is 4.74 Å². The average molecular weight is 439 g/mol. The van der Waals surface area contributed by atoms with E-state index >= 15 is 0 Å². The molecule has 0 radical (unpaired) electrons. The number of para-hydroxylation sites is 1. The molecule has 1 unspecified atom stereocenters. The normalized spacial score (nSPS) is 18.7. The lowest BCUT2D eigenvalue weighted by atomic mass is 9.93. The molecule has 0 N–H and O–H groups in total. The van der Waals surface area contributed by atoms with Crippen LogP contribution in [-0.4, -0.2) is 58.5 Å². The maximum absolute atomic E-state index is 13.2. The first-order valence-corrected chi connectivity index (χ1v) is 12.1. The summed E-state index contributed by atoms with van der Waals surface area (Å²) >= 11 is 1.86. The minimum atomic E-state index is -0.206. The van der Waals surface area contributed by atoms with Crippen LogP contribution in [0.5, 0.6) is 5.75 Å². The third kappa shape index (κ3) is 4.74. The molecular formula is C25H30N2O3S. The fourth-order valence-corrected chi connectivity index (χ4v) is 6.12. The molecule has 4 rings (SSSR count). The molecule has 2 heterocycles.